The number of anilines is 1. The van der Waals surface area contributed by atoms with Crippen molar-refractivity contribution in [2.24, 2.45) is 0 Å². The molecule has 1 saturated heterocycles. The number of hydrogen-bond donors (Lipinski definition) is 2. The number of amides is 2. The van der Waals surface area contributed by atoms with Crippen LogP contribution in [-0.4, -0.2) is 31.4 Å². The first kappa shape index (κ1) is 14.0. The van der Waals surface area contributed by atoms with E-state index in [0.717, 1.165) is 22.3 Å². The van der Waals surface area contributed by atoms with Gasteiger partial charge in [-0.1, -0.05) is 6.07 Å². The normalized spacial score (nSPS) is 19.5. The maximum Gasteiger partial charge on any atom is 0.249 e. The highest BCUT2D eigenvalue weighted by molar-refractivity contribution is 9.10. The lowest BCUT2D eigenvalue weighted by Gasteiger charge is -2.34. The van der Waals surface area contributed by atoms with Gasteiger partial charge in [-0.15, -0.1) is 0 Å². The van der Waals surface area contributed by atoms with Crippen molar-refractivity contribution in [2.45, 2.75) is 19.5 Å². The second-order valence-corrected chi connectivity index (χ2v) is 5.39. The van der Waals surface area contributed by atoms with Gasteiger partial charge in [0.25, 0.3) is 0 Å². The molecule has 1 heterocycles. The van der Waals surface area contributed by atoms with E-state index >= 15 is 0 Å². The predicted molar refractivity (Wildman–Crippen MR) is 76.9 cm³/mol. The van der Waals surface area contributed by atoms with Crippen LogP contribution in [0.1, 0.15) is 12.5 Å². The van der Waals surface area contributed by atoms with Crippen molar-refractivity contribution in [3.8, 4) is 0 Å². The summed E-state index contributed by atoms with van der Waals surface area (Å²) in [6.07, 6.45) is 0. The molecule has 1 atom stereocenters. The first-order valence-corrected chi connectivity index (χ1v) is 6.85. The molecule has 2 rings (SSSR count). The summed E-state index contributed by atoms with van der Waals surface area (Å²) in [5, 5.41) is 5.42. The molecule has 0 spiro atoms. The van der Waals surface area contributed by atoms with Crippen LogP contribution in [0.25, 0.3) is 0 Å². The van der Waals surface area contributed by atoms with E-state index in [1.807, 2.05) is 25.2 Å². The van der Waals surface area contributed by atoms with Crippen molar-refractivity contribution in [3.05, 3.63) is 28.2 Å². The van der Waals surface area contributed by atoms with E-state index in [1.54, 1.807) is 11.8 Å². The molecule has 5 nitrogen and oxygen atoms in total. The highest BCUT2D eigenvalue weighted by Crippen LogP contribution is 2.29. The molecule has 19 heavy (non-hydrogen) atoms. The van der Waals surface area contributed by atoms with Gasteiger partial charge in [-0.3, -0.25) is 14.9 Å². The lowest BCUT2D eigenvalue weighted by Crippen LogP contribution is -2.57. The Hall–Kier alpha value is -1.40. The Kier molecular flexibility index (Phi) is 4.21. The molecule has 1 aromatic rings. The van der Waals surface area contributed by atoms with E-state index in [2.05, 4.69) is 26.6 Å². The van der Waals surface area contributed by atoms with Gasteiger partial charge in [-0.05, 0) is 47.6 Å². The average molecular weight is 326 g/mol. The number of carbonyl (C=O) groups is 2. The molecule has 1 unspecified atom stereocenters. The zero-order chi connectivity index (χ0) is 14.0. The minimum Gasteiger partial charge on any atom is -0.350 e. The number of imide groups is 1. The summed E-state index contributed by atoms with van der Waals surface area (Å²) in [7, 11) is 1.89. The van der Waals surface area contributed by atoms with Crippen LogP contribution >= 0.6 is 15.9 Å². The molecular formula is C13H16BrN3O2. The summed E-state index contributed by atoms with van der Waals surface area (Å²) < 4.78 is 0.884. The van der Waals surface area contributed by atoms with Gasteiger partial charge in [0.1, 0.15) is 6.04 Å². The van der Waals surface area contributed by atoms with Crippen molar-refractivity contribution < 1.29 is 9.59 Å². The van der Waals surface area contributed by atoms with Gasteiger partial charge in [0.05, 0.1) is 12.2 Å². The Morgan fingerprint density at radius 2 is 2.21 bits per heavy atom. The maximum absolute atomic E-state index is 11.7. The number of nitrogens with zero attached hydrogens (tertiary/aromatic N) is 1. The molecule has 0 aromatic heterocycles. The number of halogens is 1. The van der Waals surface area contributed by atoms with Crippen LogP contribution in [0.4, 0.5) is 5.69 Å². The van der Waals surface area contributed by atoms with Gasteiger partial charge in [0, 0.05) is 11.0 Å². The van der Waals surface area contributed by atoms with Crippen molar-refractivity contribution >= 4 is 33.4 Å². The Morgan fingerprint density at radius 3 is 2.84 bits per heavy atom. The van der Waals surface area contributed by atoms with Crippen molar-refractivity contribution in [2.75, 3.05) is 18.5 Å². The summed E-state index contributed by atoms with van der Waals surface area (Å²) in [5.74, 6) is -0.531. The number of benzene rings is 1. The molecule has 0 radical (unpaired) electrons. The Labute approximate surface area is 120 Å². The Balaban J connectivity index is 2.30. The van der Waals surface area contributed by atoms with Crippen LogP contribution in [0.5, 0.6) is 0 Å². The molecule has 0 saturated carbocycles. The predicted octanol–water partition coefficient (Wildman–Crippen LogP) is 1.02. The van der Waals surface area contributed by atoms with E-state index < -0.39 is 0 Å². The molecule has 1 fully saturated rings. The first-order chi connectivity index (χ1) is 9.02. The Bertz CT molecular complexity index is 519. The minimum absolute atomic E-state index is 0.191. The van der Waals surface area contributed by atoms with Crippen LogP contribution in [0.3, 0.4) is 0 Å². The summed E-state index contributed by atoms with van der Waals surface area (Å²) in [6.45, 7) is 2.75. The molecule has 2 amide bonds. The average Bonchev–Trinajstić information content (AvgIpc) is 2.35. The largest absolute Gasteiger partial charge is 0.350 e. The molecule has 1 aliphatic heterocycles. The zero-order valence-electron chi connectivity index (χ0n) is 10.9. The zero-order valence-corrected chi connectivity index (χ0v) is 12.5. The number of hydrogen-bond acceptors (Lipinski definition) is 4. The number of piperazine rings is 1. The van der Waals surface area contributed by atoms with E-state index in [9.17, 15) is 9.59 Å². The van der Waals surface area contributed by atoms with Crippen LogP contribution in [0, 0.1) is 0 Å². The third kappa shape index (κ3) is 2.96. The number of nitrogens with one attached hydrogen (secondary N) is 2. The fourth-order valence-electron chi connectivity index (χ4n) is 2.11. The molecule has 2 N–H and O–H groups in total. The van der Waals surface area contributed by atoms with Crippen LogP contribution in [-0.2, 0) is 16.1 Å². The second kappa shape index (κ2) is 5.71. The summed E-state index contributed by atoms with van der Waals surface area (Å²) in [4.78, 5) is 25.0. The molecule has 0 aliphatic carbocycles. The van der Waals surface area contributed by atoms with Gasteiger partial charge >= 0.3 is 0 Å². The number of carbonyl (C=O) groups excluding carboxylic acids is 2. The lowest BCUT2D eigenvalue weighted by atomic mass is 10.1. The van der Waals surface area contributed by atoms with E-state index in [1.165, 1.54) is 0 Å². The van der Waals surface area contributed by atoms with Gasteiger partial charge in [-0.2, -0.15) is 0 Å². The molecule has 6 heteroatoms. The van der Waals surface area contributed by atoms with Crippen molar-refractivity contribution in [3.63, 3.8) is 0 Å². The quantitative estimate of drug-likeness (QED) is 0.814. The smallest absolute Gasteiger partial charge is 0.249 e. The number of rotatable bonds is 3. The molecule has 1 aliphatic rings. The van der Waals surface area contributed by atoms with Crippen molar-refractivity contribution in [1.82, 2.24) is 10.6 Å². The molecule has 1 aromatic carbocycles. The summed E-state index contributed by atoms with van der Waals surface area (Å²) >= 11 is 3.51. The summed E-state index contributed by atoms with van der Waals surface area (Å²) in [5.41, 5.74) is 1.99. The Morgan fingerprint density at radius 1 is 1.47 bits per heavy atom. The van der Waals surface area contributed by atoms with Gasteiger partial charge in [0.15, 0.2) is 0 Å². The standard InChI is InChI=1S/C13H16BrN3O2/c1-8-13(19)16-12(18)7-17(8)11-4-3-9(6-15-2)5-10(11)14/h3-5,8,15H,6-7H2,1-2H3,(H,16,18,19). The van der Waals surface area contributed by atoms with E-state index in [0.29, 0.717) is 0 Å². The molecule has 102 valence electrons. The monoisotopic (exact) mass is 325 g/mol. The van der Waals surface area contributed by atoms with Gasteiger partial charge in [-0.25, -0.2) is 0 Å². The topological polar surface area (TPSA) is 61.4 Å². The second-order valence-electron chi connectivity index (χ2n) is 4.53. The fraction of sp³-hybridized carbons (Fsp3) is 0.385. The summed E-state index contributed by atoms with van der Waals surface area (Å²) in [6, 6.07) is 5.55. The first-order valence-electron chi connectivity index (χ1n) is 6.06. The maximum atomic E-state index is 11.7. The third-order valence-electron chi connectivity index (χ3n) is 3.13. The van der Waals surface area contributed by atoms with Crippen LogP contribution in [0.2, 0.25) is 0 Å². The van der Waals surface area contributed by atoms with E-state index in [4.69, 9.17) is 0 Å². The van der Waals surface area contributed by atoms with E-state index in [-0.39, 0.29) is 24.4 Å². The minimum atomic E-state index is -0.357. The lowest BCUT2D eigenvalue weighted by molar-refractivity contribution is -0.132. The van der Waals surface area contributed by atoms with Crippen LogP contribution < -0.4 is 15.5 Å². The van der Waals surface area contributed by atoms with Gasteiger partial charge < -0.3 is 10.2 Å². The van der Waals surface area contributed by atoms with Crippen molar-refractivity contribution in [1.29, 1.82) is 0 Å². The highest BCUT2D eigenvalue weighted by Gasteiger charge is 2.31. The fourth-order valence-corrected chi connectivity index (χ4v) is 2.76. The van der Waals surface area contributed by atoms with Crippen LogP contribution in [0.15, 0.2) is 22.7 Å². The molecular weight excluding hydrogens is 310 g/mol. The third-order valence-corrected chi connectivity index (χ3v) is 3.76. The van der Waals surface area contributed by atoms with Gasteiger partial charge in [0.2, 0.25) is 11.8 Å². The molecule has 0 bridgehead atoms. The highest BCUT2D eigenvalue weighted by atomic mass is 79.9. The SMILES string of the molecule is CNCc1ccc(N2CC(=O)NC(=O)C2C)c(Br)c1.